The standard InChI is InChI=1S/C13H19N/c1-3-11-6-4-5-7-12(11)10-14-13(2)8-9-13/h4-7,14H,3,8-10H2,1-2H3. The highest BCUT2D eigenvalue weighted by molar-refractivity contribution is 5.27. The van der Waals surface area contributed by atoms with Gasteiger partial charge in [0.05, 0.1) is 0 Å². The van der Waals surface area contributed by atoms with E-state index in [9.17, 15) is 0 Å². The molecule has 0 unspecified atom stereocenters. The van der Waals surface area contributed by atoms with Crippen molar-refractivity contribution in [2.24, 2.45) is 0 Å². The molecule has 0 bridgehead atoms. The van der Waals surface area contributed by atoms with Gasteiger partial charge in [-0.2, -0.15) is 0 Å². The summed E-state index contributed by atoms with van der Waals surface area (Å²) in [5.41, 5.74) is 3.38. The molecular weight excluding hydrogens is 170 g/mol. The van der Waals surface area contributed by atoms with Crippen molar-refractivity contribution in [1.82, 2.24) is 5.32 Å². The zero-order valence-corrected chi connectivity index (χ0v) is 9.14. The van der Waals surface area contributed by atoms with Gasteiger partial charge in [0.2, 0.25) is 0 Å². The van der Waals surface area contributed by atoms with Crippen molar-refractivity contribution < 1.29 is 0 Å². The molecule has 14 heavy (non-hydrogen) atoms. The van der Waals surface area contributed by atoms with Crippen LogP contribution in [-0.4, -0.2) is 5.54 Å². The van der Waals surface area contributed by atoms with Gasteiger partial charge in [-0.1, -0.05) is 31.2 Å². The molecule has 0 aliphatic heterocycles. The van der Waals surface area contributed by atoms with E-state index in [0.717, 1.165) is 13.0 Å². The quantitative estimate of drug-likeness (QED) is 0.768. The Kier molecular flexibility index (Phi) is 2.60. The molecule has 1 aliphatic rings. The van der Waals surface area contributed by atoms with Gasteiger partial charge in [-0.15, -0.1) is 0 Å². The fourth-order valence-corrected chi connectivity index (χ4v) is 1.75. The third-order valence-electron chi connectivity index (χ3n) is 3.20. The average Bonchev–Trinajstić information content (AvgIpc) is 2.95. The molecule has 1 saturated carbocycles. The molecule has 76 valence electrons. The molecule has 0 aromatic heterocycles. The summed E-state index contributed by atoms with van der Waals surface area (Å²) in [7, 11) is 0. The van der Waals surface area contributed by atoms with Crippen molar-refractivity contribution in [3.05, 3.63) is 35.4 Å². The van der Waals surface area contributed by atoms with Gasteiger partial charge in [0.15, 0.2) is 0 Å². The van der Waals surface area contributed by atoms with Crippen LogP contribution in [0.1, 0.15) is 37.8 Å². The van der Waals surface area contributed by atoms with Gasteiger partial charge in [0, 0.05) is 12.1 Å². The fraction of sp³-hybridized carbons (Fsp3) is 0.538. The van der Waals surface area contributed by atoms with E-state index in [1.807, 2.05) is 0 Å². The van der Waals surface area contributed by atoms with Gasteiger partial charge >= 0.3 is 0 Å². The summed E-state index contributed by atoms with van der Waals surface area (Å²) in [6.45, 7) is 5.56. The van der Waals surface area contributed by atoms with E-state index in [1.165, 1.54) is 24.0 Å². The van der Waals surface area contributed by atoms with Crippen molar-refractivity contribution in [1.29, 1.82) is 0 Å². The van der Waals surface area contributed by atoms with Gasteiger partial charge in [-0.3, -0.25) is 0 Å². The Morgan fingerprint density at radius 1 is 1.21 bits per heavy atom. The Balaban J connectivity index is 2.00. The van der Waals surface area contributed by atoms with E-state index in [0.29, 0.717) is 5.54 Å². The summed E-state index contributed by atoms with van der Waals surface area (Å²) >= 11 is 0. The first kappa shape index (κ1) is 9.72. The first-order valence-electron chi connectivity index (χ1n) is 5.55. The number of nitrogens with one attached hydrogen (secondary N) is 1. The van der Waals surface area contributed by atoms with Crippen LogP contribution < -0.4 is 5.32 Å². The Labute approximate surface area is 86.5 Å². The van der Waals surface area contributed by atoms with Crippen LogP contribution in [0, 0.1) is 0 Å². The molecule has 0 amide bonds. The highest BCUT2D eigenvalue weighted by Gasteiger charge is 2.36. The molecule has 1 aliphatic carbocycles. The first-order chi connectivity index (χ1) is 6.73. The van der Waals surface area contributed by atoms with Gasteiger partial charge in [0.25, 0.3) is 0 Å². The minimum atomic E-state index is 0.445. The predicted octanol–water partition coefficient (Wildman–Crippen LogP) is 2.89. The molecule has 1 heteroatoms. The molecule has 2 rings (SSSR count). The molecule has 1 N–H and O–H groups in total. The maximum Gasteiger partial charge on any atom is 0.0213 e. The van der Waals surface area contributed by atoms with E-state index >= 15 is 0 Å². The molecule has 1 nitrogen and oxygen atoms in total. The fourth-order valence-electron chi connectivity index (χ4n) is 1.75. The summed E-state index contributed by atoms with van der Waals surface area (Å²) in [5, 5.41) is 3.62. The van der Waals surface area contributed by atoms with Crippen LogP contribution in [0.15, 0.2) is 24.3 Å². The summed E-state index contributed by atoms with van der Waals surface area (Å²) in [4.78, 5) is 0. The van der Waals surface area contributed by atoms with Gasteiger partial charge in [0.1, 0.15) is 0 Å². The van der Waals surface area contributed by atoms with Crippen LogP contribution in [0.4, 0.5) is 0 Å². The van der Waals surface area contributed by atoms with Gasteiger partial charge < -0.3 is 5.32 Å². The lowest BCUT2D eigenvalue weighted by molar-refractivity contribution is 0.536. The second-order valence-electron chi connectivity index (χ2n) is 4.54. The van der Waals surface area contributed by atoms with Crippen molar-refractivity contribution in [3.63, 3.8) is 0 Å². The van der Waals surface area contributed by atoms with Crippen LogP contribution in [0.2, 0.25) is 0 Å². The zero-order chi connectivity index (χ0) is 10.0. The molecule has 0 spiro atoms. The Hall–Kier alpha value is -0.820. The first-order valence-corrected chi connectivity index (χ1v) is 5.55. The lowest BCUT2D eigenvalue weighted by Gasteiger charge is -2.13. The largest absolute Gasteiger partial charge is 0.307 e. The molecular formula is C13H19N. The monoisotopic (exact) mass is 189 g/mol. The summed E-state index contributed by atoms with van der Waals surface area (Å²) in [5.74, 6) is 0. The van der Waals surface area contributed by atoms with Crippen LogP contribution in [0.5, 0.6) is 0 Å². The maximum atomic E-state index is 3.62. The molecule has 0 saturated heterocycles. The van der Waals surface area contributed by atoms with E-state index < -0.39 is 0 Å². The summed E-state index contributed by atoms with van der Waals surface area (Å²) in [6, 6.07) is 8.72. The van der Waals surface area contributed by atoms with Crippen molar-refractivity contribution in [3.8, 4) is 0 Å². The number of hydrogen-bond acceptors (Lipinski definition) is 1. The summed E-state index contributed by atoms with van der Waals surface area (Å²) in [6.07, 6.45) is 3.80. The number of hydrogen-bond donors (Lipinski definition) is 1. The number of benzene rings is 1. The molecule has 1 aromatic rings. The van der Waals surface area contributed by atoms with Crippen LogP contribution in [-0.2, 0) is 13.0 Å². The van der Waals surface area contributed by atoms with E-state index in [4.69, 9.17) is 0 Å². The SMILES string of the molecule is CCc1ccccc1CNC1(C)CC1. The van der Waals surface area contributed by atoms with Crippen LogP contribution >= 0.6 is 0 Å². The second-order valence-corrected chi connectivity index (χ2v) is 4.54. The highest BCUT2D eigenvalue weighted by Crippen LogP contribution is 2.34. The predicted molar refractivity (Wildman–Crippen MR) is 60.3 cm³/mol. The molecule has 0 heterocycles. The topological polar surface area (TPSA) is 12.0 Å². The molecule has 1 fully saturated rings. The second kappa shape index (κ2) is 3.74. The highest BCUT2D eigenvalue weighted by atomic mass is 15.0. The maximum absolute atomic E-state index is 3.62. The zero-order valence-electron chi connectivity index (χ0n) is 9.14. The van der Waals surface area contributed by atoms with E-state index in [-0.39, 0.29) is 0 Å². The van der Waals surface area contributed by atoms with Crippen molar-refractivity contribution in [2.75, 3.05) is 0 Å². The molecule has 0 radical (unpaired) electrons. The normalized spacial score (nSPS) is 18.1. The number of aryl methyl sites for hydroxylation is 1. The number of rotatable bonds is 4. The minimum absolute atomic E-state index is 0.445. The summed E-state index contributed by atoms with van der Waals surface area (Å²) < 4.78 is 0. The van der Waals surface area contributed by atoms with Gasteiger partial charge in [-0.25, -0.2) is 0 Å². The molecule has 1 aromatic carbocycles. The van der Waals surface area contributed by atoms with E-state index in [1.54, 1.807) is 0 Å². The molecule has 0 atom stereocenters. The third kappa shape index (κ3) is 2.16. The third-order valence-corrected chi connectivity index (χ3v) is 3.20. The smallest absolute Gasteiger partial charge is 0.0213 e. The minimum Gasteiger partial charge on any atom is -0.307 e. The van der Waals surface area contributed by atoms with Gasteiger partial charge in [-0.05, 0) is 37.3 Å². The Morgan fingerprint density at radius 2 is 1.86 bits per heavy atom. The lowest BCUT2D eigenvalue weighted by Crippen LogP contribution is -2.27. The van der Waals surface area contributed by atoms with Crippen molar-refractivity contribution in [2.45, 2.75) is 45.2 Å². The van der Waals surface area contributed by atoms with Crippen molar-refractivity contribution >= 4 is 0 Å². The van der Waals surface area contributed by atoms with E-state index in [2.05, 4.69) is 43.4 Å². The van der Waals surface area contributed by atoms with Crippen LogP contribution in [0.25, 0.3) is 0 Å². The Bertz CT molecular complexity index is 313. The van der Waals surface area contributed by atoms with Crippen LogP contribution in [0.3, 0.4) is 0 Å². The average molecular weight is 189 g/mol. The lowest BCUT2D eigenvalue weighted by atomic mass is 10.1. The Morgan fingerprint density at radius 3 is 2.43 bits per heavy atom.